The minimum Gasteiger partial charge on any atom is -0.465 e. The summed E-state index contributed by atoms with van der Waals surface area (Å²) in [6.07, 6.45) is 1.000. The van der Waals surface area contributed by atoms with Gasteiger partial charge in [-0.25, -0.2) is 0 Å². The first-order valence-electron chi connectivity index (χ1n) is 8.28. The first-order valence-corrected chi connectivity index (χ1v) is 9.05. The van der Waals surface area contributed by atoms with Crippen LogP contribution in [0.5, 0.6) is 0 Å². The number of aromatic nitrogens is 2. The summed E-state index contributed by atoms with van der Waals surface area (Å²) < 4.78 is 9.52. The molecule has 2 heterocycles. The highest BCUT2D eigenvalue weighted by Gasteiger charge is 2.20. The molecule has 128 valence electrons. The van der Waals surface area contributed by atoms with Crippen molar-refractivity contribution in [1.82, 2.24) is 14.3 Å². The molecule has 0 amide bonds. The molecule has 0 radical (unpaired) electrons. The number of hydrogen-bond acceptors (Lipinski definition) is 7. The molecule has 0 saturated carbocycles. The quantitative estimate of drug-likeness (QED) is 0.774. The highest BCUT2D eigenvalue weighted by atomic mass is 32.1. The number of nitrogens with zero attached hydrogens (tertiary/aromatic N) is 4. The maximum absolute atomic E-state index is 11.6. The van der Waals surface area contributed by atoms with Crippen molar-refractivity contribution in [3.8, 4) is 11.4 Å². The second-order valence-electron chi connectivity index (χ2n) is 5.69. The standard InChI is InChI=1S/C17H22N4O2S/c1-2-23-15(22)13-20-9-6-10-21(12-11-20)17-18-16(19-24-17)14-7-4-3-5-8-14/h3-5,7-8H,2,6,9-13H2,1H3. The minimum atomic E-state index is -0.145. The fraction of sp³-hybridized carbons (Fsp3) is 0.471. The summed E-state index contributed by atoms with van der Waals surface area (Å²) in [5, 5.41) is 0.951. The number of rotatable bonds is 5. The summed E-state index contributed by atoms with van der Waals surface area (Å²) in [5.41, 5.74) is 1.04. The van der Waals surface area contributed by atoms with Gasteiger partial charge < -0.3 is 9.64 Å². The summed E-state index contributed by atoms with van der Waals surface area (Å²) in [4.78, 5) is 20.7. The number of hydrogen-bond donors (Lipinski definition) is 0. The Morgan fingerprint density at radius 2 is 2.04 bits per heavy atom. The van der Waals surface area contributed by atoms with Crippen LogP contribution in [0, 0.1) is 0 Å². The van der Waals surface area contributed by atoms with E-state index in [0.29, 0.717) is 13.2 Å². The highest BCUT2D eigenvalue weighted by molar-refractivity contribution is 7.09. The first kappa shape index (κ1) is 16.9. The van der Waals surface area contributed by atoms with Crippen LogP contribution in [-0.4, -0.2) is 59.6 Å². The average molecular weight is 346 g/mol. The number of carbonyl (C=O) groups is 1. The topological polar surface area (TPSA) is 58.6 Å². The Hall–Kier alpha value is -1.99. The van der Waals surface area contributed by atoms with E-state index in [9.17, 15) is 4.79 Å². The smallest absolute Gasteiger partial charge is 0.320 e. The monoisotopic (exact) mass is 346 g/mol. The van der Waals surface area contributed by atoms with Crippen LogP contribution in [0.15, 0.2) is 30.3 Å². The summed E-state index contributed by atoms with van der Waals surface area (Å²) in [6.45, 7) is 6.16. The summed E-state index contributed by atoms with van der Waals surface area (Å²) in [5.74, 6) is 0.636. The van der Waals surface area contributed by atoms with Gasteiger partial charge in [-0.1, -0.05) is 30.3 Å². The Bertz CT molecular complexity index is 662. The van der Waals surface area contributed by atoms with Crippen LogP contribution in [0.2, 0.25) is 0 Å². The fourth-order valence-electron chi connectivity index (χ4n) is 2.76. The van der Waals surface area contributed by atoms with Crippen LogP contribution in [0.4, 0.5) is 5.13 Å². The second-order valence-corrected chi connectivity index (χ2v) is 6.42. The summed E-state index contributed by atoms with van der Waals surface area (Å²) >= 11 is 1.44. The van der Waals surface area contributed by atoms with Gasteiger partial charge in [-0.2, -0.15) is 9.36 Å². The zero-order valence-electron chi connectivity index (χ0n) is 13.9. The van der Waals surface area contributed by atoms with Crippen LogP contribution in [-0.2, 0) is 9.53 Å². The van der Waals surface area contributed by atoms with Crippen molar-refractivity contribution in [3.05, 3.63) is 30.3 Å². The molecule has 1 fully saturated rings. The highest BCUT2D eigenvalue weighted by Crippen LogP contribution is 2.24. The molecule has 0 unspecified atom stereocenters. The molecule has 6 nitrogen and oxygen atoms in total. The van der Waals surface area contributed by atoms with Crippen molar-refractivity contribution in [3.63, 3.8) is 0 Å². The summed E-state index contributed by atoms with van der Waals surface area (Å²) in [7, 11) is 0. The van der Waals surface area contributed by atoms with Crippen molar-refractivity contribution in [1.29, 1.82) is 0 Å². The maximum atomic E-state index is 11.6. The lowest BCUT2D eigenvalue weighted by Crippen LogP contribution is -2.34. The van der Waals surface area contributed by atoms with E-state index in [1.54, 1.807) is 0 Å². The van der Waals surface area contributed by atoms with E-state index in [0.717, 1.165) is 49.1 Å². The van der Waals surface area contributed by atoms with Crippen LogP contribution in [0.1, 0.15) is 13.3 Å². The normalized spacial score (nSPS) is 16.0. The van der Waals surface area contributed by atoms with Gasteiger partial charge in [0.25, 0.3) is 0 Å². The van der Waals surface area contributed by atoms with Gasteiger partial charge in [-0.3, -0.25) is 9.69 Å². The minimum absolute atomic E-state index is 0.145. The van der Waals surface area contributed by atoms with Gasteiger partial charge >= 0.3 is 5.97 Å². The zero-order chi connectivity index (χ0) is 16.8. The maximum Gasteiger partial charge on any atom is 0.320 e. The average Bonchev–Trinajstić information content (AvgIpc) is 2.97. The van der Waals surface area contributed by atoms with Crippen molar-refractivity contribution >= 4 is 22.6 Å². The van der Waals surface area contributed by atoms with E-state index in [1.165, 1.54) is 11.5 Å². The third-order valence-corrected chi connectivity index (χ3v) is 4.74. The molecule has 0 bridgehead atoms. The molecule has 24 heavy (non-hydrogen) atoms. The molecule has 1 aliphatic rings. The molecule has 1 aromatic carbocycles. The lowest BCUT2D eigenvalue weighted by atomic mass is 10.2. The molecule has 1 aromatic heterocycles. The SMILES string of the molecule is CCOC(=O)CN1CCCN(c2nc(-c3ccccc3)ns2)CC1. The van der Waals surface area contributed by atoms with Gasteiger partial charge in [0, 0.05) is 43.3 Å². The Balaban J connectivity index is 1.60. The molecule has 7 heteroatoms. The molecular formula is C17H22N4O2S. The predicted molar refractivity (Wildman–Crippen MR) is 95.2 cm³/mol. The van der Waals surface area contributed by atoms with Crippen LogP contribution < -0.4 is 4.90 Å². The number of benzene rings is 1. The molecule has 2 aromatic rings. The molecule has 1 aliphatic heterocycles. The van der Waals surface area contributed by atoms with E-state index in [2.05, 4.69) is 19.2 Å². The van der Waals surface area contributed by atoms with E-state index in [1.807, 2.05) is 37.3 Å². The second kappa shape index (κ2) is 8.21. The number of carbonyl (C=O) groups excluding carboxylic acids is 1. The first-order chi connectivity index (χ1) is 11.8. The van der Waals surface area contributed by atoms with Crippen LogP contribution >= 0.6 is 11.5 Å². The van der Waals surface area contributed by atoms with Gasteiger partial charge in [-0.05, 0) is 13.3 Å². The van der Waals surface area contributed by atoms with Crippen molar-refractivity contribution in [2.45, 2.75) is 13.3 Å². The lowest BCUT2D eigenvalue weighted by Gasteiger charge is -2.20. The molecule has 0 spiro atoms. The Morgan fingerprint density at radius 3 is 2.83 bits per heavy atom. The molecule has 0 atom stereocenters. The Labute approximate surface area is 146 Å². The van der Waals surface area contributed by atoms with Crippen molar-refractivity contribution in [2.24, 2.45) is 0 Å². The molecule has 0 aliphatic carbocycles. The number of esters is 1. The van der Waals surface area contributed by atoms with Crippen molar-refractivity contribution < 1.29 is 9.53 Å². The number of anilines is 1. The molecular weight excluding hydrogens is 324 g/mol. The predicted octanol–water partition coefficient (Wildman–Crippen LogP) is 2.28. The zero-order valence-corrected chi connectivity index (χ0v) is 14.7. The van der Waals surface area contributed by atoms with E-state index in [-0.39, 0.29) is 5.97 Å². The largest absolute Gasteiger partial charge is 0.465 e. The van der Waals surface area contributed by atoms with Crippen molar-refractivity contribution in [2.75, 3.05) is 44.2 Å². The molecule has 0 N–H and O–H groups in total. The summed E-state index contributed by atoms with van der Waals surface area (Å²) in [6, 6.07) is 10.0. The van der Waals surface area contributed by atoms with Gasteiger partial charge in [0.2, 0.25) is 5.13 Å². The van der Waals surface area contributed by atoms with E-state index in [4.69, 9.17) is 4.74 Å². The van der Waals surface area contributed by atoms with Gasteiger partial charge in [0.15, 0.2) is 5.82 Å². The van der Waals surface area contributed by atoms with Gasteiger partial charge in [0.05, 0.1) is 13.2 Å². The van der Waals surface area contributed by atoms with E-state index >= 15 is 0 Å². The Kier molecular flexibility index (Phi) is 5.77. The number of ether oxygens (including phenoxy) is 1. The van der Waals surface area contributed by atoms with E-state index < -0.39 is 0 Å². The molecule has 1 saturated heterocycles. The third kappa shape index (κ3) is 4.30. The fourth-order valence-corrected chi connectivity index (χ4v) is 3.50. The van der Waals surface area contributed by atoms with Crippen LogP contribution in [0.3, 0.4) is 0 Å². The van der Waals surface area contributed by atoms with Gasteiger partial charge in [-0.15, -0.1) is 0 Å². The molecule has 3 rings (SSSR count). The Morgan fingerprint density at radius 1 is 1.21 bits per heavy atom. The lowest BCUT2D eigenvalue weighted by molar-refractivity contribution is -0.144. The van der Waals surface area contributed by atoms with Gasteiger partial charge in [0.1, 0.15) is 0 Å². The van der Waals surface area contributed by atoms with Crippen LogP contribution in [0.25, 0.3) is 11.4 Å². The third-order valence-electron chi connectivity index (χ3n) is 3.96.